The molecule has 1 aromatic rings. The molecule has 1 saturated carbocycles. The Morgan fingerprint density at radius 1 is 1.31 bits per heavy atom. The molecule has 0 saturated heterocycles. The Balaban J connectivity index is 1.84. The number of thioether (sulfide) groups is 1. The van der Waals surface area contributed by atoms with Crippen LogP contribution in [0.1, 0.15) is 38.5 Å². The van der Waals surface area contributed by atoms with E-state index in [1.54, 1.807) is 12.1 Å². The van der Waals surface area contributed by atoms with Gasteiger partial charge in [-0.3, -0.25) is 9.59 Å². The molecular formula is C19H27FN2O3S. The Labute approximate surface area is 158 Å². The zero-order chi connectivity index (χ0) is 18.9. The first-order chi connectivity index (χ1) is 12.5. The summed E-state index contributed by atoms with van der Waals surface area (Å²) in [6, 6.07) is 5.21. The number of benzene rings is 1. The molecule has 0 radical (unpaired) electrons. The Morgan fingerprint density at radius 3 is 2.69 bits per heavy atom. The molecule has 1 fully saturated rings. The highest BCUT2D eigenvalue weighted by Gasteiger charge is 2.20. The number of carbonyl (C=O) groups excluding carboxylic acids is 2. The normalized spacial score (nSPS) is 14.7. The van der Waals surface area contributed by atoms with Crippen LogP contribution in [0, 0.1) is 5.82 Å². The highest BCUT2D eigenvalue weighted by molar-refractivity contribution is 7.99. The lowest BCUT2D eigenvalue weighted by Gasteiger charge is -2.33. The molecule has 0 aromatic heterocycles. The van der Waals surface area contributed by atoms with E-state index in [1.807, 2.05) is 11.9 Å². The highest BCUT2D eigenvalue weighted by atomic mass is 32.2. The minimum absolute atomic E-state index is 0.199. The standard InChI is InChI=1S/C19H27FN2O3S/c1-22(15-6-4-3-5-7-15)17-9-8-14(12-16(17)20)21-18(23)10-11-26-13-19(24)25-2/h8-9,12,15H,3-7,10-11,13H2,1-2H3,(H,21,23). The number of anilines is 2. The molecule has 2 rings (SSSR count). The molecule has 1 N–H and O–H groups in total. The van der Waals surface area contributed by atoms with Gasteiger partial charge < -0.3 is 15.0 Å². The summed E-state index contributed by atoms with van der Waals surface area (Å²) in [4.78, 5) is 24.9. The van der Waals surface area contributed by atoms with Crippen LogP contribution in [0.2, 0.25) is 0 Å². The highest BCUT2D eigenvalue weighted by Crippen LogP contribution is 2.29. The van der Waals surface area contributed by atoms with Gasteiger partial charge in [-0.1, -0.05) is 19.3 Å². The number of halogens is 1. The number of hydrogen-bond acceptors (Lipinski definition) is 5. The average molecular weight is 383 g/mol. The van der Waals surface area contributed by atoms with Gasteiger partial charge in [0.1, 0.15) is 5.82 Å². The number of esters is 1. The van der Waals surface area contributed by atoms with Gasteiger partial charge in [-0.25, -0.2) is 4.39 Å². The van der Waals surface area contributed by atoms with Crippen LogP contribution in [0.25, 0.3) is 0 Å². The van der Waals surface area contributed by atoms with Gasteiger partial charge in [-0.2, -0.15) is 0 Å². The van der Waals surface area contributed by atoms with E-state index in [2.05, 4.69) is 10.1 Å². The molecule has 1 amide bonds. The van der Waals surface area contributed by atoms with Crippen LogP contribution in [-0.4, -0.2) is 43.6 Å². The fourth-order valence-corrected chi connectivity index (χ4v) is 3.90. The summed E-state index contributed by atoms with van der Waals surface area (Å²) in [6.45, 7) is 0. The van der Waals surface area contributed by atoms with Crippen LogP contribution >= 0.6 is 11.8 Å². The van der Waals surface area contributed by atoms with Crippen LogP contribution in [-0.2, 0) is 14.3 Å². The molecule has 1 aliphatic carbocycles. The van der Waals surface area contributed by atoms with E-state index in [0.29, 0.717) is 23.2 Å². The number of methoxy groups -OCH3 is 1. The summed E-state index contributed by atoms with van der Waals surface area (Å²) in [5.41, 5.74) is 1.02. The lowest BCUT2D eigenvalue weighted by atomic mass is 9.94. The lowest BCUT2D eigenvalue weighted by Crippen LogP contribution is -2.33. The van der Waals surface area contributed by atoms with Gasteiger partial charge in [0.15, 0.2) is 0 Å². The molecule has 0 heterocycles. The van der Waals surface area contributed by atoms with Crippen molar-refractivity contribution in [2.75, 3.05) is 35.9 Å². The zero-order valence-corrected chi connectivity index (χ0v) is 16.2. The van der Waals surface area contributed by atoms with E-state index in [1.165, 1.54) is 44.2 Å². The smallest absolute Gasteiger partial charge is 0.315 e. The minimum atomic E-state index is -0.323. The molecule has 7 heteroatoms. The molecule has 1 aromatic carbocycles. The van der Waals surface area contributed by atoms with Gasteiger partial charge in [0.05, 0.1) is 18.6 Å². The van der Waals surface area contributed by atoms with Gasteiger partial charge in [0.25, 0.3) is 0 Å². The van der Waals surface area contributed by atoms with Crippen molar-refractivity contribution in [3.63, 3.8) is 0 Å². The summed E-state index contributed by atoms with van der Waals surface area (Å²) in [5, 5.41) is 2.70. The van der Waals surface area contributed by atoms with E-state index in [4.69, 9.17) is 0 Å². The van der Waals surface area contributed by atoms with Crippen molar-refractivity contribution in [1.29, 1.82) is 0 Å². The number of carbonyl (C=O) groups is 2. The van der Waals surface area contributed by atoms with E-state index in [-0.39, 0.29) is 29.9 Å². The lowest BCUT2D eigenvalue weighted by molar-refractivity contribution is -0.137. The number of nitrogens with zero attached hydrogens (tertiary/aromatic N) is 1. The third kappa shape index (κ3) is 6.20. The van der Waals surface area contributed by atoms with Crippen LogP contribution in [0.15, 0.2) is 18.2 Å². The monoisotopic (exact) mass is 382 g/mol. The second kappa shape index (κ2) is 10.4. The average Bonchev–Trinajstić information content (AvgIpc) is 2.65. The van der Waals surface area contributed by atoms with E-state index < -0.39 is 0 Å². The number of amides is 1. The molecule has 26 heavy (non-hydrogen) atoms. The number of rotatable bonds is 8. The van der Waals surface area contributed by atoms with Gasteiger partial charge in [0, 0.05) is 31.0 Å². The predicted molar refractivity (Wildman–Crippen MR) is 104 cm³/mol. The predicted octanol–water partition coefficient (Wildman–Crippen LogP) is 3.83. The third-order valence-electron chi connectivity index (χ3n) is 4.65. The number of nitrogens with one attached hydrogen (secondary N) is 1. The van der Waals surface area contributed by atoms with Crippen molar-refractivity contribution < 1.29 is 18.7 Å². The van der Waals surface area contributed by atoms with Crippen LogP contribution in [0.5, 0.6) is 0 Å². The molecular weight excluding hydrogens is 355 g/mol. The fourth-order valence-electron chi connectivity index (χ4n) is 3.14. The van der Waals surface area contributed by atoms with Gasteiger partial charge in [-0.05, 0) is 31.0 Å². The Morgan fingerprint density at radius 2 is 2.04 bits per heavy atom. The summed E-state index contributed by atoms with van der Waals surface area (Å²) in [6.07, 6.45) is 6.09. The summed E-state index contributed by atoms with van der Waals surface area (Å²) in [5.74, 6) is -0.103. The molecule has 0 aliphatic heterocycles. The van der Waals surface area contributed by atoms with Crippen LogP contribution in [0.4, 0.5) is 15.8 Å². The first kappa shape index (κ1) is 20.6. The van der Waals surface area contributed by atoms with E-state index >= 15 is 0 Å². The Kier molecular flexibility index (Phi) is 8.22. The molecule has 1 aliphatic rings. The maximum atomic E-state index is 14.5. The molecule has 0 unspecified atom stereocenters. The van der Waals surface area contributed by atoms with Crippen molar-refractivity contribution in [3.05, 3.63) is 24.0 Å². The van der Waals surface area contributed by atoms with Crippen molar-refractivity contribution in [2.45, 2.75) is 44.6 Å². The second-order valence-corrected chi connectivity index (χ2v) is 7.60. The minimum Gasteiger partial charge on any atom is -0.468 e. The third-order valence-corrected chi connectivity index (χ3v) is 5.59. The molecule has 0 spiro atoms. The van der Waals surface area contributed by atoms with E-state index in [9.17, 15) is 14.0 Å². The Hall–Kier alpha value is -1.76. The van der Waals surface area contributed by atoms with Gasteiger partial charge in [-0.15, -0.1) is 11.8 Å². The SMILES string of the molecule is COC(=O)CSCCC(=O)Nc1ccc(N(C)C2CCCCC2)c(F)c1. The van der Waals surface area contributed by atoms with Gasteiger partial charge >= 0.3 is 5.97 Å². The van der Waals surface area contributed by atoms with Crippen LogP contribution in [0.3, 0.4) is 0 Å². The van der Waals surface area contributed by atoms with E-state index in [0.717, 1.165) is 12.8 Å². The topological polar surface area (TPSA) is 58.6 Å². The van der Waals surface area contributed by atoms with Crippen molar-refractivity contribution >= 4 is 35.0 Å². The maximum Gasteiger partial charge on any atom is 0.315 e. The summed E-state index contributed by atoms with van der Waals surface area (Å²) in [7, 11) is 3.27. The summed E-state index contributed by atoms with van der Waals surface area (Å²) >= 11 is 1.33. The maximum absolute atomic E-state index is 14.5. The molecule has 5 nitrogen and oxygen atoms in total. The quantitative estimate of drug-likeness (QED) is 0.547. The first-order valence-electron chi connectivity index (χ1n) is 8.98. The largest absolute Gasteiger partial charge is 0.468 e. The van der Waals surface area contributed by atoms with Crippen molar-refractivity contribution in [3.8, 4) is 0 Å². The number of ether oxygens (including phenoxy) is 1. The Bertz CT molecular complexity index is 621. The zero-order valence-electron chi connectivity index (χ0n) is 15.4. The molecule has 144 valence electrons. The molecule has 0 bridgehead atoms. The second-order valence-electron chi connectivity index (χ2n) is 6.50. The van der Waals surface area contributed by atoms with Crippen LogP contribution < -0.4 is 10.2 Å². The van der Waals surface area contributed by atoms with Crippen molar-refractivity contribution in [2.24, 2.45) is 0 Å². The van der Waals surface area contributed by atoms with Gasteiger partial charge in [0.2, 0.25) is 5.91 Å². The number of hydrogen-bond donors (Lipinski definition) is 1. The fraction of sp³-hybridized carbons (Fsp3) is 0.579. The first-order valence-corrected chi connectivity index (χ1v) is 10.1. The summed E-state index contributed by atoms with van der Waals surface area (Å²) < 4.78 is 19.0. The van der Waals surface area contributed by atoms with Crippen molar-refractivity contribution in [1.82, 2.24) is 0 Å². The molecule has 0 atom stereocenters.